The van der Waals surface area contributed by atoms with Crippen molar-refractivity contribution >= 4 is 17.7 Å². The molecule has 82 valence electrons. The molecule has 0 aromatic rings. The van der Waals surface area contributed by atoms with Crippen molar-refractivity contribution in [2.45, 2.75) is 31.5 Å². The second-order valence-electron chi connectivity index (χ2n) is 3.99. The molecule has 0 bridgehead atoms. The van der Waals surface area contributed by atoms with E-state index in [1.165, 1.54) is 6.92 Å². The maximum Gasteiger partial charge on any atom is 0.334 e. The molecular weight excluding hydrogens is 202 g/mol. The van der Waals surface area contributed by atoms with Gasteiger partial charge in [0.05, 0.1) is 18.1 Å². The Labute approximate surface area is 85.5 Å². The Morgan fingerprint density at radius 2 is 2.13 bits per heavy atom. The molecule has 0 saturated carbocycles. The predicted octanol–water partition coefficient (Wildman–Crippen LogP) is -1.38. The first-order valence-electron chi connectivity index (χ1n) is 4.71. The molecular formula is C9H11NO5. The van der Waals surface area contributed by atoms with Crippen molar-refractivity contribution in [2.24, 2.45) is 5.92 Å². The van der Waals surface area contributed by atoms with E-state index in [1.54, 1.807) is 0 Å². The number of β-lactam (4-membered cyclic amide) rings is 1. The number of fused-ring (bicyclic) bond motifs is 1. The van der Waals surface area contributed by atoms with Crippen LogP contribution in [0.2, 0.25) is 0 Å². The zero-order chi connectivity index (χ0) is 11.3. The van der Waals surface area contributed by atoms with Crippen LogP contribution in [0.15, 0.2) is 0 Å². The molecule has 2 saturated heterocycles. The summed E-state index contributed by atoms with van der Waals surface area (Å²) in [4.78, 5) is 34.6. The number of carbonyl (C=O) groups is 3. The monoisotopic (exact) mass is 213 g/mol. The Kier molecular flexibility index (Phi) is 2.04. The summed E-state index contributed by atoms with van der Waals surface area (Å²) in [6.07, 6.45) is -0.794. The van der Waals surface area contributed by atoms with Crippen molar-refractivity contribution in [3.8, 4) is 0 Å². The van der Waals surface area contributed by atoms with E-state index < -0.39 is 41.8 Å². The van der Waals surface area contributed by atoms with Crippen LogP contribution in [0, 0.1) is 5.92 Å². The fourth-order valence-corrected chi connectivity index (χ4v) is 2.39. The molecule has 0 aromatic heterocycles. The molecule has 2 aliphatic rings. The number of amides is 1. The summed E-state index contributed by atoms with van der Waals surface area (Å²) in [5, 5.41) is 18.1. The van der Waals surface area contributed by atoms with Gasteiger partial charge < -0.3 is 15.1 Å². The molecule has 6 nitrogen and oxygen atoms in total. The molecule has 2 rings (SSSR count). The van der Waals surface area contributed by atoms with E-state index in [1.807, 2.05) is 0 Å². The van der Waals surface area contributed by atoms with Crippen molar-refractivity contribution < 1.29 is 24.6 Å². The van der Waals surface area contributed by atoms with Crippen molar-refractivity contribution in [1.82, 2.24) is 4.90 Å². The maximum absolute atomic E-state index is 11.5. The van der Waals surface area contributed by atoms with E-state index in [0.29, 0.717) is 0 Å². The summed E-state index contributed by atoms with van der Waals surface area (Å²) in [7, 11) is 0. The van der Waals surface area contributed by atoms with Gasteiger partial charge in [0.2, 0.25) is 5.91 Å². The average Bonchev–Trinajstić information content (AvgIpc) is 2.38. The number of rotatable bonds is 2. The highest BCUT2D eigenvalue weighted by Crippen LogP contribution is 2.39. The number of hydrogen-bond acceptors (Lipinski definition) is 4. The SMILES string of the molecule is C[C@@H](O)C1C(=O)N2C1CC(=O)[C@@H]2C(=O)O. The molecule has 2 unspecified atom stereocenters. The van der Waals surface area contributed by atoms with Gasteiger partial charge >= 0.3 is 5.97 Å². The second-order valence-corrected chi connectivity index (χ2v) is 3.99. The molecule has 4 atom stereocenters. The zero-order valence-electron chi connectivity index (χ0n) is 8.08. The lowest BCUT2D eigenvalue weighted by molar-refractivity contribution is -0.170. The van der Waals surface area contributed by atoms with Crippen molar-refractivity contribution in [3.05, 3.63) is 0 Å². The van der Waals surface area contributed by atoms with E-state index in [4.69, 9.17) is 5.11 Å². The van der Waals surface area contributed by atoms with Crippen LogP contribution in [0.4, 0.5) is 0 Å². The van der Waals surface area contributed by atoms with Gasteiger partial charge in [0, 0.05) is 6.42 Å². The molecule has 0 radical (unpaired) electrons. The number of aliphatic hydroxyl groups is 1. The number of ketones is 1. The smallest absolute Gasteiger partial charge is 0.334 e. The minimum Gasteiger partial charge on any atom is -0.479 e. The minimum absolute atomic E-state index is 0.0400. The van der Waals surface area contributed by atoms with Gasteiger partial charge in [-0.25, -0.2) is 4.79 Å². The second kappa shape index (κ2) is 3.03. The number of hydrogen-bond donors (Lipinski definition) is 2. The first kappa shape index (κ1) is 10.1. The van der Waals surface area contributed by atoms with Crippen molar-refractivity contribution in [1.29, 1.82) is 0 Å². The molecule has 15 heavy (non-hydrogen) atoms. The van der Waals surface area contributed by atoms with Gasteiger partial charge in [-0.3, -0.25) is 9.59 Å². The van der Waals surface area contributed by atoms with Gasteiger partial charge in [0.25, 0.3) is 0 Å². The molecule has 2 heterocycles. The van der Waals surface area contributed by atoms with Crippen LogP contribution in [0.5, 0.6) is 0 Å². The van der Waals surface area contributed by atoms with Crippen LogP contribution < -0.4 is 0 Å². The fourth-order valence-electron chi connectivity index (χ4n) is 2.39. The largest absolute Gasteiger partial charge is 0.479 e. The molecule has 2 fully saturated rings. The van der Waals surface area contributed by atoms with Gasteiger partial charge in [-0.05, 0) is 6.92 Å². The van der Waals surface area contributed by atoms with E-state index in [-0.39, 0.29) is 6.42 Å². The van der Waals surface area contributed by atoms with Crippen LogP contribution >= 0.6 is 0 Å². The van der Waals surface area contributed by atoms with Gasteiger partial charge in [-0.15, -0.1) is 0 Å². The third kappa shape index (κ3) is 1.18. The van der Waals surface area contributed by atoms with E-state index in [2.05, 4.69) is 0 Å². The Morgan fingerprint density at radius 1 is 1.53 bits per heavy atom. The molecule has 2 N–H and O–H groups in total. The standard InChI is InChI=1S/C9H11NO5/c1-3(11)6-4-2-5(12)7(9(14)15)10(4)8(6)13/h3-4,6-7,11H,2H2,1H3,(H,14,15)/t3-,4?,6?,7-/m1/s1. The topological polar surface area (TPSA) is 94.9 Å². The van der Waals surface area contributed by atoms with E-state index in [9.17, 15) is 19.5 Å². The summed E-state index contributed by atoms with van der Waals surface area (Å²) in [5.74, 6) is -2.80. The number of carboxylic acid groups (broad SMARTS) is 1. The fraction of sp³-hybridized carbons (Fsp3) is 0.667. The third-order valence-electron chi connectivity index (χ3n) is 3.06. The van der Waals surface area contributed by atoms with E-state index >= 15 is 0 Å². The van der Waals surface area contributed by atoms with Crippen LogP contribution in [0.25, 0.3) is 0 Å². The van der Waals surface area contributed by atoms with Crippen molar-refractivity contribution in [2.75, 3.05) is 0 Å². The number of nitrogens with zero attached hydrogens (tertiary/aromatic N) is 1. The number of aliphatic hydroxyl groups excluding tert-OH is 1. The summed E-state index contributed by atoms with van der Waals surface area (Å²) in [6.45, 7) is 1.47. The van der Waals surface area contributed by atoms with Gasteiger partial charge in [0.15, 0.2) is 11.8 Å². The van der Waals surface area contributed by atoms with E-state index in [0.717, 1.165) is 4.90 Å². The highest BCUT2D eigenvalue weighted by Gasteiger charge is 2.60. The summed E-state index contributed by atoms with van der Waals surface area (Å²) < 4.78 is 0. The van der Waals surface area contributed by atoms with Crippen LogP contribution in [0.1, 0.15) is 13.3 Å². The normalized spacial score (nSPS) is 36.1. The lowest BCUT2D eigenvalue weighted by atomic mass is 9.84. The van der Waals surface area contributed by atoms with Crippen LogP contribution in [-0.2, 0) is 14.4 Å². The molecule has 6 heteroatoms. The lowest BCUT2D eigenvalue weighted by Gasteiger charge is -2.44. The highest BCUT2D eigenvalue weighted by atomic mass is 16.4. The highest BCUT2D eigenvalue weighted by molar-refractivity contribution is 6.10. The Hall–Kier alpha value is -1.43. The maximum atomic E-state index is 11.5. The first-order chi connectivity index (χ1) is 6.95. The number of carboxylic acids is 1. The first-order valence-corrected chi connectivity index (χ1v) is 4.71. The average molecular weight is 213 g/mol. The van der Waals surface area contributed by atoms with Gasteiger partial charge in [0.1, 0.15) is 0 Å². The van der Waals surface area contributed by atoms with Crippen LogP contribution in [0.3, 0.4) is 0 Å². The number of Topliss-reactive ketones (excluding diaryl/α,β-unsaturated/α-hetero) is 1. The number of carbonyl (C=O) groups excluding carboxylic acids is 2. The third-order valence-corrected chi connectivity index (χ3v) is 3.06. The Morgan fingerprint density at radius 3 is 2.60 bits per heavy atom. The molecule has 0 spiro atoms. The summed E-state index contributed by atoms with van der Waals surface area (Å²) >= 11 is 0. The van der Waals surface area contributed by atoms with Gasteiger partial charge in [-0.1, -0.05) is 0 Å². The predicted molar refractivity (Wildman–Crippen MR) is 46.9 cm³/mol. The van der Waals surface area contributed by atoms with Gasteiger partial charge in [-0.2, -0.15) is 0 Å². The Bertz CT molecular complexity index is 350. The lowest BCUT2D eigenvalue weighted by Crippen LogP contribution is -2.64. The summed E-state index contributed by atoms with van der Waals surface area (Å²) in [6, 6.07) is -1.76. The minimum atomic E-state index is -1.34. The zero-order valence-corrected chi connectivity index (χ0v) is 8.08. The molecule has 0 aliphatic carbocycles. The molecule has 2 aliphatic heterocycles. The summed E-state index contributed by atoms with van der Waals surface area (Å²) in [5.41, 5.74) is 0. The number of aliphatic carboxylic acids is 1. The Balaban J connectivity index is 2.23. The quantitative estimate of drug-likeness (QED) is 0.435. The van der Waals surface area contributed by atoms with Crippen molar-refractivity contribution in [3.63, 3.8) is 0 Å². The van der Waals surface area contributed by atoms with Crippen LogP contribution in [-0.4, -0.2) is 51.0 Å². The molecule has 1 amide bonds. The molecule has 0 aromatic carbocycles.